The molecule has 2 atom stereocenters. The molecular weight excluding hydrogens is 881 g/mol. The Kier molecular flexibility index (Phi) is 59.4. The number of rotatable bonds is 50. The summed E-state index contributed by atoms with van der Waals surface area (Å²) in [5.41, 5.74) is 0. The van der Waals surface area contributed by atoms with Gasteiger partial charge in [-0.05, 0) is 38.5 Å². The first-order chi connectivity index (χ1) is 31.0. The van der Waals surface area contributed by atoms with Gasteiger partial charge in [0.05, 0.1) is 13.2 Å². The standard InChI is InChI=1S/2C27H54O4S.Ca/c2*1-3-5-7-9-10-11-12-13-14-15-16-17-18-19-21-23-25-27(26-31-32(28,29)30)24-22-20-8-6-4-2;/h2*23,25,27H,3-22,24,26H2,1-2H3,(H,28,29,30);/q;;+2/p-2/b2*25-23+;. The fourth-order valence-electron chi connectivity index (χ4n) is 8.32. The molecule has 0 saturated carbocycles. The Hall–Kier alpha value is 0.480. The minimum absolute atomic E-state index is 0. The van der Waals surface area contributed by atoms with Crippen molar-refractivity contribution in [3.8, 4) is 0 Å². The molecule has 0 radical (unpaired) electrons. The monoisotopic (exact) mass is 987 g/mol. The van der Waals surface area contributed by atoms with Crippen LogP contribution in [-0.2, 0) is 29.2 Å². The van der Waals surface area contributed by atoms with E-state index >= 15 is 0 Å². The summed E-state index contributed by atoms with van der Waals surface area (Å²) < 4.78 is 73.7. The summed E-state index contributed by atoms with van der Waals surface area (Å²) in [4.78, 5) is 0. The van der Waals surface area contributed by atoms with E-state index in [1.165, 1.54) is 218 Å². The third-order valence-corrected chi connectivity index (χ3v) is 13.3. The fraction of sp³-hybridized carbons (Fsp3) is 0.926. The molecule has 8 nitrogen and oxygen atoms in total. The Balaban J connectivity index is -0.00000116. The van der Waals surface area contributed by atoms with E-state index in [1.54, 1.807) is 0 Å². The number of hydrogen-bond donors (Lipinski definition) is 0. The van der Waals surface area contributed by atoms with Crippen LogP contribution in [0.2, 0.25) is 0 Å². The molecule has 0 heterocycles. The molecule has 0 aromatic rings. The molecule has 0 rings (SSSR count). The topological polar surface area (TPSA) is 133 Å². The molecule has 0 bridgehead atoms. The van der Waals surface area contributed by atoms with E-state index in [-0.39, 0.29) is 62.8 Å². The molecule has 0 amide bonds. The predicted octanol–water partition coefficient (Wildman–Crippen LogP) is 17.4. The van der Waals surface area contributed by atoms with Crippen LogP contribution in [0.1, 0.15) is 297 Å². The second kappa shape index (κ2) is 55.4. The van der Waals surface area contributed by atoms with Crippen molar-refractivity contribution in [2.45, 2.75) is 297 Å². The molecule has 0 aliphatic carbocycles. The van der Waals surface area contributed by atoms with Crippen molar-refractivity contribution in [2.24, 2.45) is 11.8 Å². The molecule has 0 aromatic heterocycles. The Labute approximate surface area is 436 Å². The van der Waals surface area contributed by atoms with Gasteiger partial charge in [0.15, 0.2) is 0 Å². The van der Waals surface area contributed by atoms with Crippen molar-refractivity contribution in [1.82, 2.24) is 0 Å². The van der Waals surface area contributed by atoms with Crippen LogP contribution in [0.25, 0.3) is 0 Å². The maximum absolute atomic E-state index is 10.8. The largest absolute Gasteiger partial charge is 2.00 e. The molecule has 0 aliphatic rings. The van der Waals surface area contributed by atoms with E-state index in [9.17, 15) is 25.9 Å². The first kappa shape index (κ1) is 69.7. The quantitative estimate of drug-likeness (QED) is 0.0193. The van der Waals surface area contributed by atoms with Crippen LogP contribution in [0, 0.1) is 11.8 Å². The van der Waals surface area contributed by atoms with Gasteiger partial charge < -0.3 is 9.11 Å². The SMILES string of the molecule is CCCCCCCCCCCCCCCC/C=C/C(CCCCCCC)COS(=O)(=O)[O-].CCCCCCCCCCCCCCCC/C=C/C(CCCCCCC)COS(=O)(=O)[O-].[Ca+2]. The zero-order valence-electron chi connectivity index (χ0n) is 43.4. The summed E-state index contributed by atoms with van der Waals surface area (Å²) in [6, 6.07) is 0. The van der Waals surface area contributed by atoms with Crippen molar-refractivity contribution in [1.29, 1.82) is 0 Å². The minimum atomic E-state index is -4.60. The van der Waals surface area contributed by atoms with Crippen LogP contribution in [0.4, 0.5) is 0 Å². The van der Waals surface area contributed by atoms with Crippen molar-refractivity contribution in [2.75, 3.05) is 13.2 Å². The van der Waals surface area contributed by atoms with Crippen LogP contribution < -0.4 is 0 Å². The zero-order chi connectivity index (χ0) is 47.5. The average molecular weight is 988 g/mol. The molecular formula is C54H106CaO8S2. The van der Waals surface area contributed by atoms with Gasteiger partial charge in [-0.3, -0.25) is 8.37 Å². The smallest absolute Gasteiger partial charge is 0.726 e. The van der Waals surface area contributed by atoms with Crippen molar-refractivity contribution < 1.29 is 34.3 Å². The van der Waals surface area contributed by atoms with Gasteiger partial charge in [-0.1, -0.05) is 283 Å². The second-order valence-corrected chi connectivity index (χ2v) is 21.0. The molecule has 11 heteroatoms. The minimum Gasteiger partial charge on any atom is -0.726 e. The summed E-state index contributed by atoms with van der Waals surface area (Å²) in [5, 5.41) is 0. The molecule has 0 spiro atoms. The third kappa shape index (κ3) is 64.5. The first-order valence-corrected chi connectivity index (χ1v) is 30.2. The van der Waals surface area contributed by atoms with Crippen molar-refractivity contribution in [3.63, 3.8) is 0 Å². The van der Waals surface area contributed by atoms with Crippen LogP contribution in [0.3, 0.4) is 0 Å². The van der Waals surface area contributed by atoms with Gasteiger partial charge in [0.1, 0.15) is 0 Å². The Morgan fingerprint density at radius 1 is 0.338 bits per heavy atom. The van der Waals surface area contributed by atoms with Gasteiger partial charge in [-0.25, -0.2) is 16.8 Å². The molecule has 0 fully saturated rings. The molecule has 0 aliphatic heterocycles. The van der Waals surface area contributed by atoms with E-state index in [0.29, 0.717) is 0 Å². The summed E-state index contributed by atoms with van der Waals surface area (Å²) in [5.74, 6) is 0.0407. The maximum Gasteiger partial charge on any atom is 2.00 e. The first-order valence-electron chi connectivity index (χ1n) is 27.5. The molecule has 0 aromatic carbocycles. The molecule has 2 unspecified atom stereocenters. The zero-order valence-corrected chi connectivity index (χ0v) is 47.2. The van der Waals surface area contributed by atoms with Crippen molar-refractivity contribution >= 4 is 58.5 Å². The Morgan fingerprint density at radius 3 is 0.754 bits per heavy atom. The maximum atomic E-state index is 10.8. The van der Waals surface area contributed by atoms with Gasteiger partial charge in [-0.2, -0.15) is 0 Å². The summed E-state index contributed by atoms with van der Waals surface area (Å²) in [7, 11) is -9.21. The summed E-state index contributed by atoms with van der Waals surface area (Å²) >= 11 is 0. The third-order valence-electron chi connectivity index (χ3n) is 12.5. The number of allylic oxidation sites excluding steroid dienone is 2. The number of unbranched alkanes of at least 4 members (excludes halogenated alkanes) is 36. The molecule has 0 saturated heterocycles. The van der Waals surface area contributed by atoms with Gasteiger partial charge in [0.2, 0.25) is 20.8 Å². The van der Waals surface area contributed by atoms with Gasteiger partial charge in [0, 0.05) is 11.8 Å². The van der Waals surface area contributed by atoms with E-state index in [4.69, 9.17) is 0 Å². The van der Waals surface area contributed by atoms with Crippen LogP contribution in [0.15, 0.2) is 24.3 Å². The van der Waals surface area contributed by atoms with E-state index in [0.717, 1.165) is 51.4 Å². The normalized spacial score (nSPS) is 13.0. The van der Waals surface area contributed by atoms with Crippen LogP contribution >= 0.6 is 0 Å². The molecule has 0 N–H and O–H groups in total. The van der Waals surface area contributed by atoms with Crippen LogP contribution in [-0.4, -0.2) is 76.9 Å². The van der Waals surface area contributed by atoms with E-state index < -0.39 is 20.8 Å². The van der Waals surface area contributed by atoms with Gasteiger partial charge >= 0.3 is 37.7 Å². The summed E-state index contributed by atoms with van der Waals surface area (Å²) in [6.07, 6.45) is 62.1. The van der Waals surface area contributed by atoms with Crippen LogP contribution in [0.5, 0.6) is 0 Å². The molecule has 65 heavy (non-hydrogen) atoms. The molecule has 384 valence electrons. The Morgan fingerprint density at radius 2 is 0.538 bits per heavy atom. The van der Waals surface area contributed by atoms with Crippen molar-refractivity contribution in [3.05, 3.63) is 24.3 Å². The number of hydrogen-bond acceptors (Lipinski definition) is 8. The summed E-state index contributed by atoms with van der Waals surface area (Å²) in [6.45, 7) is 8.89. The predicted molar refractivity (Wildman–Crippen MR) is 279 cm³/mol. The average Bonchev–Trinajstić information content (AvgIpc) is 3.25. The van der Waals surface area contributed by atoms with Gasteiger partial charge in [0.25, 0.3) is 0 Å². The van der Waals surface area contributed by atoms with Gasteiger partial charge in [-0.15, -0.1) is 0 Å². The fourth-order valence-corrected chi connectivity index (χ4v) is 9.01. The second-order valence-electron chi connectivity index (χ2n) is 18.9. The van der Waals surface area contributed by atoms with E-state index in [2.05, 4.69) is 60.4 Å². The Bertz CT molecular complexity index is 1100. The van der Waals surface area contributed by atoms with E-state index in [1.807, 2.05) is 0 Å².